The Labute approximate surface area is 228 Å². The van der Waals surface area contributed by atoms with Crippen LogP contribution in [0.2, 0.25) is 5.02 Å². The van der Waals surface area contributed by atoms with Crippen molar-refractivity contribution in [2.45, 2.75) is 56.6 Å². The van der Waals surface area contributed by atoms with Crippen LogP contribution in [-0.2, 0) is 11.0 Å². The molecule has 2 unspecified atom stereocenters. The number of aromatic amines is 1. The SMILES string of the molecule is CC1CCC(C)N(CCCC(=O)CSc2c(-c3cc(Cl)ccc3O)c3cc(C(F)(F)F)ccc3[nH]c2=O)C1. The van der Waals surface area contributed by atoms with Gasteiger partial charge in [-0.05, 0) is 75.0 Å². The van der Waals surface area contributed by atoms with Crippen molar-refractivity contribution in [2.24, 2.45) is 5.92 Å². The summed E-state index contributed by atoms with van der Waals surface area (Å²) in [5.41, 5.74) is -1.04. The zero-order chi connectivity index (χ0) is 27.6. The van der Waals surface area contributed by atoms with Gasteiger partial charge in [-0.2, -0.15) is 13.2 Å². The van der Waals surface area contributed by atoms with Gasteiger partial charge in [-0.15, -0.1) is 11.8 Å². The normalized spacial score (nSPS) is 18.7. The molecule has 5 nitrogen and oxygen atoms in total. The Morgan fingerprint density at radius 2 is 1.95 bits per heavy atom. The summed E-state index contributed by atoms with van der Waals surface area (Å²) < 4.78 is 40.6. The predicted octanol–water partition coefficient (Wildman–Crippen LogP) is 7.13. The van der Waals surface area contributed by atoms with Crippen LogP contribution < -0.4 is 5.56 Å². The van der Waals surface area contributed by atoms with Gasteiger partial charge in [0, 0.05) is 46.1 Å². The number of hydrogen-bond donors (Lipinski definition) is 2. The van der Waals surface area contributed by atoms with E-state index in [1.54, 1.807) is 0 Å². The van der Waals surface area contributed by atoms with Crippen molar-refractivity contribution in [1.29, 1.82) is 0 Å². The molecule has 2 N–H and O–H groups in total. The van der Waals surface area contributed by atoms with Gasteiger partial charge >= 0.3 is 6.18 Å². The summed E-state index contributed by atoms with van der Waals surface area (Å²) in [7, 11) is 0. The molecule has 1 aliphatic rings. The molecule has 38 heavy (non-hydrogen) atoms. The highest BCUT2D eigenvalue weighted by molar-refractivity contribution is 8.00. The van der Waals surface area contributed by atoms with E-state index in [1.165, 1.54) is 30.7 Å². The summed E-state index contributed by atoms with van der Waals surface area (Å²) >= 11 is 7.10. The predicted molar refractivity (Wildman–Crippen MR) is 146 cm³/mol. The number of H-pyrrole nitrogens is 1. The van der Waals surface area contributed by atoms with Crippen LogP contribution in [0, 0.1) is 5.92 Å². The van der Waals surface area contributed by atoms with Crippen LogP contribution in [0.3, 0.4) is 0 Å². The lowest BCUT2D eigenvalue weighted by Gasteiger charge is -2.36. The number of benzene rings is 2. The lowest BCUT2D eigenvalue weighted by Crippen LogP contribution is -2.41. The molecule has 0 amide bonds. The minimum absolute atomic E-state index is 0.0200. The van der Waals surface area contributed by atoms with E-state index < -0.39 is 17.3 Å². The van der Waals surface area contributed by atoms with Crippen LogP contribution in [0.4, 0.5) is 13.2 Å². The fraction of sp³-hybridized carbons (Fsp3) is 0.429. The van der Waals surface area contributed by atoms with E-state index in [4.69, 9.17) is 11.6 Å². The van der Waals surface area contributed by atoms with Crippen LogP contribution in [0.1, 0.15) is 45.1 Å². The fourth-order valence-electron chi connectivity index (χ4n) is 4.96. The largest absolute Gasteiger partial charge is 0.507 e. The maximum atomic E-state index is 13.5. The number of rotatable bonds is 8. The number of piperidine rings is 1. The summed E-state index contributed by atoms with van der Waals surface area (Å²) in [4.78, 5) is 30.9. The van der Waals surface area contributed by atoms with Gasteiger partial charge in [0.2, 0.25) is 0 Å². The molecule has 0 radical (unpaired) electrons. The third-order valence-corrected chi connectivity index (χ3v) is 8.43. The number of aromatic hydroxyl groups is 1. The summed E-state index contributed by atoms with van der Waals surface area (Å²) in [6.07, 6.45) is -1.22. The number of alkyl halides is 3. The molecule has 0 aliphatic carbocycles. The van der Waals surface area contributed by atoms with E-state index in [9.17, 15) is 27.9 Å². The van der Waals surface area contributed by atoms with Crippen LogP contribution >= 0.6 is 23.4 Å². The Balaban J connectivity index is 1.62. The number of halogens is 4. The van der Waals surface area contributed by atoms with Crippen molar-refractivity contribution >= 4 is 40.0 Å². The van der Waals surface area contributed by atoms with E-state index in [2.05, 4.69) is 23.7 Å². The molecule has 204 valence electrons. The van der Waals surface area contributed by atoms with Gasteiger partial charge in [0.1, 0.15) is 11.5 Å². The molecule has 1 aliphatic heterocycles. The first-order chi connectivity index (χ1) is 17.9. The zero-order valence-corrected chi connectivity index (χ0v) is 22.8. The van der Waals surface area contributed by atoms with Crippen LogP contribution in [0.15, 0.2) is 46.1 Å². The zero-order valence-electron chi connectivity index (χ0n) is 21.2. The van der Waals surface area contributed by atoms with E-state index in [1.807, 2.05) is 0 Å². The Kier molecular flexibility index (Phi) is 8.79. The Bertz CT molecular complexity index is 1390. The number of nitrogens with zero attached hydrogens (tertiary/aromatic N) is 1. The minimum atomic E-state index is -4.61. The number of carbonyl (C=O) groups is 1. The molecular weight excluding hydrogens is 537 g/mol. The van der Waals surface area contributed by atoms with Gasteiger partial charge in [-0.3, -0.25) is 9.59 Å². The number of ketones is 1. The average molecular weight is 567 g/mol. The van der Waals surface area contributed by atoms with Crippen molar-refractivity contribution < 1.29 is 23.1 Å². The molecule has 0 saturated carbocycles. The van der Waals surface area contributed by atoms with E-state index in [0.29, 0.717) is 24.8 Å². The van der Waals surface area contributed by atoms with Crippen LogP contribution in [0.25, 0.3) is 22.0 Å². The lowest BCUT2D eigenvalue weighted by atomic mass is 9.95. The first kappa shape index (κ1) is 28.5. The number of pyridine rings is 1. The molecular formula is C28H30ClF3N2O3S. The highest BCUT2D eigenvalue weighted by Gasteiger charge is 2.31. The van der Waals surface area contributed by atoms with E-state index in [-0.39, 0.29) is 49.2 Å². The Morgan fingerprint density at radius 3 is 2.68 bits per heavy atom. The number of hydrogen-bond acceptors (Lipinski definition) is 5. The molecule has 2 atom stereocenters. The topological polar surface area (TPSA) is 73.4 Å². The highest BCUT2D eigenvalue weighted by atomic mass is 35.5. The number of likely N-dealkylation sites (tertiary alicyclic amines) is 1. The van der Waals surface area contributed by atoms with Crippen LogP contribution in [-0.4, -0.2) is 45.7 Å². The molecule has 2 aromatic carbocycles. The molecule has 4 rings (SSSR count). The van der Waals surface area contributed by atoms with Gasteiger partial charge in [-0.25, -0.2) is 0 Å². The summed E-state index contributed by atoms with van der Waals surface area (Å²) in [6, 6.07) is 7.66. The number of phenols is 1. The van der Waals surface area contributed by atoms with E-state index in [0.717, 1.165) is 43.4 Å². The van der Waals surface area contributed by atoms with Crippen molar-refractivity contribution in [2.75, 3.05) is 18.8 Å². The van der Waals surface area contributed by atoms with Crippen molar-refractivity contribution in [1.82, 2.24) is 9.88 Å². The molecule has 3 aromatic rings. The third kappa shape index (κ3) is 6.55. The maximum absolute atomic E-state index is 13.5. The number of thioether (sulfide) groups is 1. The Hall–Kier alpha value is -2.49. The standard InChI is InChI=1S/C28H30ClF3N2O3S/c1-16-5-6-17(2)34(14-16)11-3-4-20(35)15-38-26-25(22-13-19(29)8-10-24(22)36)21-12-18(28(30,31)32)7-9-23(21)33-27(26)37/h7-10,12-13,16-17,36H,3-6,11,14-15H2,1-2H3,(H,33,37). The van der Waals surface area contributed by atoms with Gasteiger partial charge in [0.15, 0.2) is 0 Å². The first-order valence-electron chi connectivity index (χ1n) is 12.6. The highest BCUT2D eigenvalue weighted by Crippen LogP contribution is 2.42. The molecule has 2 heterocycles. The summed E-state index contributed by atoms with van der Waals surface area (Å²) in [6.45, 7) is 6.27. The second kappa shape index (κ2) is 11.7. The quantitative estimate of drug-likeness (QED) is 0.284. The second-order valence-electron chi connectivity index (χ2n) is 10.0. The van der Waals surface area contributed by atoms with Gasteiger partial charge in [0.05, 0.1) is 16.2 Å². The van der Waals surface area contributed by atoms with Gasteiger partial charge < -0.3 is 15.0 Å². The number of Topliss-reactive ketones (excluding diaryl/α,β-unsaturated/α-hetero) is 1. The van der Waals surface area contributed by atoms with E-state index >= 15 is 0 Å². The summed E-state index contributed by atoms with van der Waals surface area (Å²) in [5.74, 6) is 0.318. The number of carbonyl (C=O) groups excluding carboxylic acids is 1. The number of fused-ring (bicyclic) bond motifs is 1. The molecule has 0 bridgehead atoms. The van der Waals surface area contributed by atoms with Gasteiger partial charge in [-0.1, -0.05) is 18.5 Å². The maximum Gasteiger partial charge on any atom is 0.416 e. The van der Waals surface area contributed by atoms with Crippen LogP contribution in [0.5, 0.6) is 5.75 Å². The number of aromatic nitrogens is 1. The first-order valence-corrected chi connectivity index (χ1v) is 13.9. The molecule has 1 aromatic heterocycles. The number of phenolic OH excluding ortho intramolecular Hbond substituents is 1. The third-order valence-electron chi connectivity index (χ3n) is 7.05. The monoisotopic (exact) mass is 566 g/mol. The average Bonchev–Trinajstić information content (AvgIpc) is 2.85. The van der Waals surface area contributed by atoms with Gasteiger partial charge in [0.25, 0.3) is 5.56 Å². The number of nitrogens with one attached hydrogen (secondary N) is 1. The molecule has 1 fully saturated rings. The smallest absolute Gasteiger partial charge is 0.416 e. The fourth-order valence-corrected chi connectivity index (χ4v) is 6.13. The van der Waals surface area contributed by atoms with Crippen molar-refractivity contribution in [3.05, 3.63) is 57.3 Å². The molecule has 0 spiro atoms. The molecule has 1 saturated heterocycles. The van der Waals surface area contributed by atoms with Crippen molar-refractivity contribution in [3.63, 3.8) is 0 Å². The van der Waals surface area contributed by atoms with Crippen molar-refractivity contribution in [3.8, 4) is 16.9 Å². The lowest BCUT2D eigenvalue weighted by molar-refractivity contribution is -0.137. The summed E-state index contributed by atoms with van der Waals surface area (Å²) in [5, 5.41) is 10.9. The Morgan fingerprint density at radius 1 is 1.18 bits per heavy atom. The second-order valence-corrected chi connectivity index (χ2v) is 11.5. The molecule has 10 heteroatoms. The minimum Gasteiger partial charge on any atom is -0.507 e.